The maximum atomic E-state index is 8.17. The highest BCUT2D eigenvalue weighted by molar-refractivity contribution is 5.82. The summed E-state index contributed by atoms with van der Waals surface area (Å²) >= 11 is 0. The van der Waals surface area contributed by atoms with Crippen LogP contribution < -0.4 is 0 Å². The van der Waals surface area contributed by atoms with Gasteiger partial charge in [0.25, 0.3) is 0 Å². The fourth-order valence-electron chi connectivity index (χ4n) is 1.57. The molecule has 0 bridgehead atoms. The van der Waals surface area contributed by atoms with Gasteiger partial charge < -0.3 is 4.98 Å². The standard InChI is InChI=1S/C10H10N4/c11-14-13-7-5-9-3-1-2-8-4-6-12-10(8)9/h1-4,6,12H,5,7H2. The van der Waals surface area contributed by atoms with Gasteiger partial charge in [0.1, 0.15) is 0 Å². The molecule has 0 aliphatic carbocycles. The third-order valence-electron chi connectivity index (χ3n) is 2.22. The Bertz CT molecular complexity index is 480. The van der Waals surface area contributed by atoms with E-state index in [0.717, 1.165) is 11.9 Å². The molecule has 2 aromatic rings. The number of fused-ring (bicyclic) bond motifs is 1. The number of para-hydroxylation sites is 1. The SMILES string of the molecule is [N-]=[N+]=NCCc1cccc2cc[nH]c12. The third kappa shape index (κ3) is 1.56. The van der Waals surface area contributed by atoms with Crippen LogP contribution in [0.3, 0.4) is 0 Å². The van der Waals surface area contributed by atoms with E-state index in [1.54, 1.807) is 0 Å². The molecule has 14 heavy (non-hydrogen) atoms. The van der Waals surface area contributed by atoms with Gasteiger partial charge in [-0.1, -0.05) is 23.3 Å². The minimum atomic E-state index is 0.509. The third-order valence-corrected chi connectivity index (χ3v) is 2.22. The molecule has 1 N–H and O–H groups in total. The first-order chi connectivity index (χ1) is 6.92. The fraction of sp³-hybridized carbons (Fsp3) is 0.200. The smallest absolute Gasteiger partial charge is 0.0486 e. The zero-order valence-electron chi connectivity index (χ0n) is 7.64. The summed E-state index contributed by atoms with van der Waals surface area (Å²) in [6, 6.07) is 8.16. The lowest BCUT2D eigenvalue weighted by molar-refractivity contribution is 0.961. The lowest BCUT2D eigenvalue weighted by atomic mass is 10.1. The molecule has 0 fully saturated rings. The van der Waals surface area contributed by atoms with Crippen molar-refractivity contribution in [2.45, 2.75) is 6.42 Å². The number of rotatable bonds is 3. The van der Waals surface area contributed by atoms with Gasteiger partial charge >= 0.3 is 0 Å². The summed E-state index contributed by atoms with van der Waals surface area (Å²) in [5.41, 5.74) is 10.5. The molecule has 0 aliphatic rings. The van der Waals surface area contributed by atoms with E-state index in [1.165, 1.54) is 10.9 Å². The molecule has 0 radical (unpaired) electrons. The van der Waals surface area contributed by atoms with Crippen LogP contribution >= 0.6 is 0 Å². The Hall–Kier alpha value is -1.93. The minimum Gasteiger partial charge on any atom is -0.361 e. The zero-order valence-corrected chi connectivity index (χ0v) is 7.64. The average Bonchev–Trinajstić information content (AvgIpc) is 2.67. The molecule has 0 saturated carbocycles. The molecule has 0 atom stereocenters. The molecule has 0 spiro atoms. The summed E-state index contributed by atoms with van der Waals surface area (Å²) in [6.45, 7) is 0.509. The van der Waals surface area contributed by atoms with Crippen molar-refractivity contribution in [3.05, 3.63) is 46.5 Å². The maximum absolute atomic E-state index is 8.17. The molecule has 1 aromatic carbocycles. The van der Waals surface area contributed by atoms with Crippen LogP contribution in [0.1, 0.15) is 5.56 Å². The second-order valence-corrected chi connectivity index (χ2v) is 3.06. The summed E-state index contributed by atoms with van der Waals surface area (Å²) < 4.78 is 0. The van der Waals surface area contributed by atoms with Gasteiger partial charge in [-0.15, -0.1) is 0 Å². The number of H-pyrrole nitrogens is 1. The minimum absolute atomic E-state index is 0.509. The van der Waals surface area contributed by atoms with E-state index >= 15 is 0 Å². The predicted octanol–water partition coefficient (Wildman–Crippen LogP) is 3.02. The highest BCUT2D eigenvalue weighted by Gasteiger charge is 1.99. The van der Waals surface area contributed by atoms with Gasteiger partial charge in [0, 0.05) is 23.2 Å². The number of hydrogen-bond donors (Lipinski definition) is 1. The van der Waals surface area contributed by atoms with E-state index in [1.807, 2.05) is 24.4 Å². The Kier molecular flexibility index (Phi) is 2.38. The van der Waals surface area contributed by atoms with E-state index in [0.29, 0.717) is 6.54 Å². The number of azide groups is 1. The highest BCUT2D eigenvalue weighted by atomic mass is 15.1. The van der Waals surface area contributed by atoms with E-state index < -0.39 is 0 Å². The Morgan fingerprint density at radius 2 is 2.29 bits per heavy atom. The van der Waals surface area contributed by atoms with Gasteiger partial charge in [0.15, 0.2) is 0 Å². The molecule has 4 heteroatoms. The molecule has 0 amide bonds. The van der Waals surface area contributed by atoms with Gasteiger partial charge in [-0.25, -0.2) is 0 Å². The molecule has 0 unspecified atom stereocenters. The van der Waals surface area contributed by atoms with Gasteiger partial charge in [-0.2, -0.15) is 0 Å². The summed E-state index contributed by atoms with van der Waals surface area (Å²) in [6.07, 6.45) is 2.70. The van der Waals surface area contributed by atoms with Crippen molar-refractivity contribution in [1.82, 2.24) is 4.98 Å². The summed E-state index contributed by atoms with van der Waals surface area (Å²) in [7, 11) is 0. The number of benzene rings is 1. The van der Waals surface area contributed by atoms with Gasteiger partial charge in [0.05, 0.1) is 0 Å². The molecule has 0 aliphatic heterocycles. The van der Waals surface area contributed by atoms with E-state index in [2.05, 4.69) is 21.1 Å². The lowest BCUT2D eigenvalue weighted by Crippen LogP contribution is -1.89. The van der Waals surface area contributed by atoms with Crippen LogP contribution in [0.2, 0.25) is 0 Å². The van der Waals surface area contributed by atoms with Crippen molar-refractivity contribution in [3.8, 4) is 0 Å². The van der Waals surface area contributed by atoms with E-state index in [9.17, 15) is 0 Å². The molecule has 1 heterocycles. The van der Waals surface area contributed by atoms with Crippen LogP contribution in [0.25, 0.3) is 21.3 Å². The van der Waals surface area contributed by atoms with Gasteiger partial charge in [-0.3, -0.25) is 0 Å². The summed E-state index contributed by atoms with van der Waals surface area (Å²) in [4.78, 5) is 5.91. The van der Waals surface area contributed by atoms with Crippen molar-refractivity contribution in [1.29, 1.82) is 0 Å². The first kappa shape index (κ1) is 8.66. The lowest BCUT2D eigenvalue weighted by Gasteiger charge is -1.99. The molecular formula is C10H10N4. The Morgan fingerprint density at radius 1 is 1.36 bits per heavy atom. The van der Waals surface area contributed by atoms with Crippen LogP contribution in [0.5, 0.6) is 0 Å². The van der Waals surface area contributed by atoms with Crippen LogP contribution in [-0.4, -0.2) is 11.5 Å². The van der Waals surface area contributed by atoms with Gasteiger partial charge in [-0.05, 0) is 29.0 Å². The number of nitrogens with zero attached hydrogens (tertiary/aromatic N) is 3. The Labute approximate surface area is 81.2 Å². The first-order valence-corrected chi connectivity index (χ1v) is 4.47. The van der Waals surface area contributed by atoms with Crippen LogP contribution in [-0.2, 0) is 6.42 Å². The van der Waals surface area contributed by atoms with E-state index in [-0.39, 0.29) is 0 Å². The zero-order chi connectivity index (χ0) is 9.80. The largest absolute Gasteiger partial charge is 0.361 e. The second-order valence-electron chi connectivity index (χ2n) is 3.06. The summed E-state index contributed by atoms with van der Waals surface area (Å²) in [5, 5.41) is 4.72. The average molecular weight is 186 g/mol. The summed E-state index contributed by atoms with van der Waals surface area (Å²) in [5.74, 6) is 0. The number of hydrogen-bond acceptors (Lipinski definition) is 1. The monoisotopic (exact) mass is 186 g/mol. The molecule has 70 valence electrons. The molecule has 1 aromatic heterocycles. The maximum Gasteiger partial charge on any atom is 0.0486 e. The number of aromatic amines is 1. The predicted molar refractivity (Wildman–Crippen MR) is 56.0 cm³/mol. The van der Waals surface area contributed by atoms with Crippen molar-refractivity contribution >= 4 is 10.9 Å². The molecule has 2 rings (SSSR count). The fourth-order valence-corrected chi connectivity index (χ4v) is 1.57. The Morgan fingerprint density at radius 3 is 3.14 bits per heavy atom. The van der Waals surface area contributed by atoms with Crippen LogP contribution in [0.15, 0.2) is 35.6 Å². The van der Waals surface area contributed by atoms with Crippen molar-refractivity contribution in [3.63, 3.8) is 0 Å². The molecule has 4 nitrogen and oxygen atoms in total. The van der Waals surface area contributed by atoms with Gasteiger partial charge in [0.2, 0.25) is 0 Å². The first-order valence-electron chi connectivity index (χ1n) is 4.47. The molecule has 0 saturated heterocycles. The number of nitrogens with one attached hydrogen (secondary N) is 1. The van der Waals surface area contributed by atoms with Crippen molar-refractivity contribution < 1.29 is 0 Å². The normalized spacial score (nSPS) is 10.0. The highest BCUT2D eigenvalue weighted by Crippen LogP contribution is 2.17. The topological polar surface area (TPSA) is 64.6 Å². The quantitative estimate of drug-likeness (QED) is 0.435. The van der Waals surface area contributed by atoms with Crippen LogP contribution in [0, 0.1) is 0 Å². The Balaban J connectivity index is 2.31. The van der Waals surface area contributed by atoms with Crippen LogP contribution in [0.4, 0.5) is 0 Å². The molecular weight excluding hydrogens is 176 g/mol. The van der Waals surface area contributed by atoms with E-state index in [4.69, 9.17) is 5.53 Å². The number of aromatic nitrogens is 1. The second kappa shape index (κ2) is 3.85. The van der Waals surface area contributed by atoms with Crippen molar-refractivity contribution in [2.24, 2.45) is 5.11 Å². The van der Waals surface area contributed by atoms with Crippen molar-refractivity contribution in [2.75, 3.05) is 6.54 Å².